The average molecular weight is 236 g/mol. The van der Waals surface area contributed by atoms with Crippen molar-refractivity contribution in [2.75, 3.05) is 6.61 Å². The number of fused-ring (bicyclic) bond motifs is 1. The van der Waals surface area contributed by atoms with E-state index in [9.17, 15) is 4.39 Å². The lowest BCUT2D eigenvalue weighted by atomic mass is 10.0. The molecule has 1 unspecified atom stereocenters. The fraction of sp³-hybridized carbons (Fsp3) is 0.333. The molecule has 0 saturated carbocycles. The van der Waals surface area contributed by atoms with Gasteiger partial charge in [-0.05, 0) is 6.07 Å². The summed E-state index contributed by atoms with van der Waals surface area (Å²) >= 11 is 11.4. The van der Waals surface area contributed by atoms with E-state index in [1.807, 2.05) is 0 Å². The van der Waals surface area contributed by atoms with Gasteiger partial charge in [-0.3, -0.25) is 0 Å². The molecule has 1 aliphatic heterocycles. The monoisotopic (exact) mass is 235 g/mol. The molecule has 1 aromatic rings. The van der Waals surface area contributed by atoms with Crippen LogP contribution in [0.5, 0.6) is 5.75 Å². The molecule has 2 nitrogen and oxygen atoms in total. The van der Waals surface area contributed by atoms with Crippen LogP contribution in [-0.4, -0.2) is 6.61 Å². The summed E-state index contributed by atoms with van der Waals surface area (Å²) in [5.74, 6) is -0.484. The van der Waals surface area contributed by atoms with Crippen molar-refractivity contribution in [3.05, 3.63) is 27.5 Å². The van der Waals surface area contributed by atoms with Crippen LogP contribution in [0, 0.1) is 5.82 Å². The molecule has 76 valence electrons. The fourth-order valence-corrected chi connectivity index (χ4v) is 1.80. The van der Waals surface area contributed by atoms with E-state index < -0.39 is 5.82 Å². The number of hydrogen-bond donors (Lipinski definition) is 1. The summed E-state index contributed by atoms with van der Waals surface area (Å²) in [5, 5.41) is 0.0587. The Labute approximate surface area is 90.7 Å². The molecule has 14 heavy (non-hydrogen) atoms. The van der Waals surface area contributed by atoms with Gasteiger partial charge in [-0.15, -0.1) is 0 Å². The molecule has 0 saturated heterocycles. The highest BCUT2D eigenvalue weighted by molar-refractivity contribution is 6.42. The van der Waals surface area contributed by atoms with Crippen molar-refractivity contribution in [3.63, 3.8) is 0 Å². The number of hydrogen-bond acceptors (Lipinski definition) is 2. The minimum atomic E-state index is -0.621. The lowest BCUT2D eigenvalue weighted by Crippen LogP contribution is -2.21. The van der Waals surface area contributed by atoms with Crippen LogP contribution >= 0.6 is 23.2 Å². The van der Waals surface area contributed by atoms with Crippen LogP contribution in [0.1, 0.15) is 18.0 Å². The Morgan fingerprint density at radius 1 is 1.50 bits per heavy atom. The number of nitrogens with two attached hydrogens (primary N) is 1. The minimum absolute atomic E-state index is 0.112. The van der Waals surface area contributed by atoms with Crippen LogP contribution in [0.25, 0.3) is 0 Å². The highest BCUT2D eigenvalue weighted by atomic mass is 35.5. The van der Waals surface area contributed by atoms with Crippen LogP contribution in [0.15, 0.2) is 6.07 Å². The van der Waals surface area contributed by atoms with E-state index in [-0.39, 0.29) is 21.8 Å². The molecule has 0 bridgehead atoms. The maximum Gasteiger partial charge on any atom is 0.185 e. The average Bonchev–Trinajstić information content (AvgIpc) is 2.17. The van der Waals surface area contributed by atoms with Crippen LogP contribution in [0.3, 0.4) is 0 Å². The Balaban J connectivity index is 2.63. The molecule has 5 heteroatoms. The Morgan fingerprint density at radius 2 is 2.21 bits per heavy atom. The first-order chi connectivity index (χ1) is 6.61. The van der Waals surface area contributed by atoms with E-state index in [0.29, 0.717) is 18.6 Å². The Kier molecular flexibility index (Phi) is 2.56. The number of ether oxygens (including phenoxy) is 1. The summed E-state index contributed by atoms with van der Waals surface area (Å²) in [6, 6.07) is 1.33. The van der Waals surface area contributed by atoms with E-state index in [1.165, 1.54) is 0 Å². The predicted molar refractivity (Wildman–Crippen MR) is 53.5 cm³/mol. The van der Waals surface area contributed by atoms with Crippen molar-refractivity contribution in [2.45, 2.75) is 12.5 Å². The highest BCUT2D eigenvalue weighted by Crippen LogP contribution is 2.40. The molecule has 1 atom stereocenters. The Morgan fingerprint density at radius 3 is 2.93 bits per heavy atom. The number of rotatable bonds is 0. The topological polar surface area (TPSA) is 35.2 Å². The van der Waals surface area contributed by atoms with E-state index >= 15 is 0 Å². The second-order valence-electron chi connectivity index (χ2n) is 3.15. The molecule has 0 aromatic heterocycles. The Hall–Kier alpha value is -0.510. The second kappa shape index (κ2) is 3.57. The normalized spacial score (nSPS) is 20.1. The molecule has 2 rings (SSSR count). The van der Waals surface area contributed by atoms with Gasteiger partial charge >= 0.3 is 0 Å². The van der Waals surface area contributed by atoms with Crippen molar-refractivity contribution in [3.8, 4) is 5.75 Å². The minimum Gasteiger partial charge on any atom is -0.490 e. The van der Waals surface area contributed by atoms with Crippen molar-refractivity contribution < 1.29 is 9.13 Å². The zero-order chi connectivity index (χ0) is 10.3. The van der Waals surface area contributed by atoms with Crippen molar-refractivity contribution in [1.29, 1.82) is 0 Å². The van der Waals surface area contributed by atoms with Crippen LogP contribution in [-0.2, 0) is 0 Å². The van der Waals surface area contributed by atoms with Crippen molar-refractivity contribution in [1.82, 2.24) is 0 Å². The molecular formula is C9H8Cl2FNO. The van der Waals surface area contributed by atoms with Crippen LogP contribution in [0.4, 0.5) is 4.39 Å². The third kappa shape index (κ3) is 1.45. The van der Waals surface area contributed by atoms with Gasteiger partial charge in [0.15, 0.2) is 11.6 Å². The zero-order valence-corrected chi connectivity index (χ0v) is 8.70. The van der Waals surface area contributed by atoms with Gasteiger partial charge in [-0.1, -0.05) is 23.2 Å². The maximum atomic E-state index is 13.5. The van der Waals surface area contributed by atoms with E-state index in [0.717, 1.165) is 0 Å². The quantitative estimate of drug-likeness (QED) is 0.703. The molecule has 1 aromatic carbocycles. The lowest BCUT2D eigenvalue weighted by Gasteiger charge is -2.23. The van der Waals surface area contributed by atoms with Crippen LogP contribution in [0.2, 0.25) is 10.0 Å². The molecule has 1 heterocycles. The number of halogens is 3. The SMILES string of the molecule is NC1CCOc2c1cc(Cl)c(Cl)c2F. The van der Waals surface area contributed by atoms with Crippen molar-refractivity contribution in [2.24, 2.45) is 5.73 Å². The first-order valence-corrected chi connectivity index (χ1v) is 4.92. The summed E-state index contributed by atoms with van der Waals surface area (Å²) < 4.78 is 18.7. The molecular weight excluding hydrogens is 228 g/mol. The van der Waals surface area contributed by atoms with Gasteiger partial charge in [0, 0.05) is 18.0 Å². The van der Waals surface area contributed by atoms with Gasteiger partial charge in [0.05, 0.1) is 16.7 Å². The smallest absolute Gasteiger partial charge is 0.185 e. The predicted octanol–water partition coefficient (Wildman–Crippen LogP) is 2.91. The fourth-order valence-electron chi connectivity index (χ4n) is 1.46. The molecule has 0 radical (unpaired) electrons. The first kappa shape index (κ1) is 10.0. The number of benzene rings is 1. The highest BCUT2D eigenvalue weighted by Gasteiger charge is 2.24. The third-order valence-corrected chi connectivity index (χ3v) is 2.99. The second-order valence-corrected chi connectivity index (χ2v) is 3.93. The molecule has 2 N–H and O–H groups in total. The van der Waals surface area contributed by atoms with E-state index in [2.05, 4.69) is 0 Å². The van der Waals surface area contributed by atoms with Crippen molar-refractivity contribution >= 4 is 23.2 Å². The van der Waals surface area contributed by atoms with Gasteiger partial charge in [0.1, 0.15) is 0 Å². The summed E-state index contributed by atoms with van der Waals surface area (Å²) in [4.78, 5) is 0. The molecule has 0 amide bonds. The largest absolute Gasteiger partial charge is 0.490 e. The molecule has 0 spiro atoms. The van der Waals surface area contributed by atoms with E-state index in [1.54, 1.807) is 6.07 Å². The molecule has 0 fully saturated rings. The zero-order valence-electron chi connectivity index (χ0n) is 7.19. The summed E-state index contributed by atoms with van der Waals surface area (Å²) in [6.45, 7) is 0.406. The summed E-state index contributed by atoms with van der Waals surface area (Å²) in [5.41, 5.74) is 6.37. The third-order valence-electron chi connectivity index (χ3n) is 2.22. The van der Waals surface area contributed by atoms with Gasteiger partial charge in [-0.2, -0.15) is 0 Å². The van der Waals surface area contributed by atoms with Gasteiger partial charge < -0.3 is 10.5 Å². The lowest BCUT2D eigenvalue weighted by molar-refractivity contribution is 0.255. The first-order valence-electron chi connectivity index (χ1n) is 4.17. The van der Waals surface area contributed by atoms with Gasteiger partial charge in [0.2, 0.25) is 0 Å². The van der Waals surface area contributed by atoms with Gasteiger partial charge in [0.25, 0.3) is 0 Å². The summed E-state index contributed by atoms with van der Waals surface area (Å²) in [6.07, 6.45) is 0.657. The van der Waals surface area contributed by atoms with Gasteiger partial charge in [-0.25, -0.2) is 4.39 Å². The summed E-state index contributed by atoms with van der Waals surface area (Å²) in [7, 11) is 0. The maximum absolute atomic E-state index is 13.5. The molecule has 1 aliphatic rings. The van der Waals surface area contributed by atoms with Crippen LogP contribution < -0.4 is 10.5 Å². The Bertz CT molecular complexity index is 384. The van der Waals surface area contributed by atoms with E-state index in [4.69, 9.17) is 33.7 Å². The molecule has 0 aliphatic carbocycles. The standard InChI is InChI=1S/C9H8Cl2FNO/c10-5-3-4-6(13)1-2-14-9(4)8(12)7(5)11/h3,6H,1-2,13H2.